The Hall–Kier alpha value is -1.98. The molecule has 18 nitrogen and oxygen atoms in total. The maximum absolute atomic E-state index is 13.4. The van der Waals surface area contributed by atoms with Gasteiger partial charge in [0.2, 0.25) is 0 Å². The molecule has 72 heavy (non-hydrogen) atoms. The zero-order valence-electron chi connectivity index (χ0n) is 44.9. The molecule has 0 bridgehead atoms. The van der Waals surface area contributed by atoms with Gasteiger partial charge in [-0.15, -0.1) is 0 Å². The number of carbonyl (C=O) groups is 2. The molecule has 0 radical (unpaired) electrons. The van der Waals surface area contributed by atoms with Crippen molar-refractivity contribution >= 4 is 11.8 Å². The van der Waals surface area contributed by atoms with E-state index in [-0.39, 0.29) is 41.2 Å². The molecule has 7 fully saturated rings. The quantitative estimate of drug-likeness (QED) is 0.109. The number of fused-ring (bicyclic) bond motifs is 5. The number of allylic oxidation sites excluding steroid dienone is 2. The minimum Gasteiger partial charge on any atom is -0.458 e. The van der Waals surface area contributed by atoms with E-state index in [0.717, 1.165) is 12.8 Å². The van der Waals surface area contributed by atoms with E-state index in [1.807, 2.05) is 34.6 Å². The first-order valence-electron chi connectivity index (χ1n) is 26.6. The van der Waals surface area contributed by atoms with Crippen LogP contribution in [0.3, 0.4) is 0 Å². The zero-order valence-corrected chi connectivity index (χ0v) is 44.9. The van der Waals surface area contributed by atoms with E-state index in [1.165, 1.54) is 19.8 Å². The molecule has 8 aliphatic rings. The Morgan fingerprint density at radius 3 is 1.83 bits per heavy atom. The summed E-state index contributed by atoms with van der Waals surface area (Å²) in [5.74, 6) is -0.765. The van der Waals surface area contributed by atoms with Crippen LogP contribution in [0, 0.1) is 28.6 Å². The first-order chi connectivity index (χ1) is 34.1. The summed E-state index contributed by atoms with van der Waals surface area (Å²) in [6, 6.07) is 0. The van der Waals surface area contributed by atoms with Crippen molar-refractivity contribution in [2.45, 2.75) is 249 Å². The summed E-state index contributed by atoms with van der Waals surface area (Å²) in [6.07, 6.45) is -2.07. The third-order valence-corrected chi connectivity index (χ3v) is 18.9. The summed E-state index contributed by atoms with van der Waals surface area (Å²) in [6.45, 7) is 16.8. The number of hydrogen-bond donors (Lipinski definition) is 3. The summed E-state index contributed by atoms with van der Waals surface area (Å²) in [7, 11) is 6.29. The molecule has 4 aliphatic carbocycles. The number of ether oxygens (including phenoxy) is 13. The molecule has 2 unspecified atom stereocenters. The second-order valence-electron chi connectivity index (χ2n) is 22.6. The second kappa shape index (κ2) is 22.5. The molecule has 0 aromatic carbocycles. The Balaban J connectivity index is 0.864. The Morgan fingerprint density at radius 2 is 1.24 bits per heavy atom. The van der Waals surface area contributed by atoms with Gasteiger partial charge in [0.15, 0.2) is 25.2 Å². The molecular weight excluding hydrogens is 937 g/mol. The van der Waals surface area contributed by atoms with Crippen molar-refractivity contribution < 1.29 is 86.5 Å². The lowest BCUT2D eigenvalue weighted by Crippen LogP contribution is -2.66. The highest BCUT2D eigenvalue weighted by Crippen LogP contribution is 2.68. The molecule has 25 atom stereocenters. The Labute approximate surface area is 426 Å². The van der Waals surface area contributed by atoms with E-state index in [9.17, 15) is 24.9 Å². The van der Waals surface area contributed by atoms with Gasteiger partial charge in [-0.25, -0.2) is 4.79 Å². The van der Waals surface area contributed by atoms with Crippen molar-refractivity contribution in [3.63, 3.8) is 0 Å². The number of aliphatic hydroxyl groups excluding tert-OH is 2. The van der Waals surface area contributed by atoms with E-state index in [0.29, 0.717) is 56.9 Å². The number of hydrogen-bond acceptors (Lipinski definition) is 18. The molecule has 3 saturated carbocycles. The van der Waals surface area contributed by atoms with Crippen molar-refractivity contribution in [3.8, 4) is 0 Å². The fourth-order valence-corrected chi connectivity index (χ4v) is 14.5. The van der Waals surface area contributed by atoms with Gasteiger partial charge in [-0.3, -0.25) is 4.79 Å². The molecule has 3 N–H and O–H groups in total. The van der Waals surface area contributed by atoms with E-state index >= 15 is 0 Å². The van der Waals surface area contributed by atoms with Crippen LogP contribution in [0.1, 0.15) is 127 Å². The van der Waals surface area contributed by atoms with Crippen molar-refractivity contribution in [3.05, 3.63) is 23.3 Å². The maximum atomic E-state index is 13.4. The van der Waals surface area contributed by atoms with E-state index in [4.69, 9.17) is 61.6 Å². The Bertz CT molecular complexity index is 1950. The van der Waals surface area contributed by atoms with Gasteiger partial charge in [0.25, 0.3) is 0 Å². The minimum absolute atomic E-state index is 0.0350. The summed E-state index contributed by atoms with van der Waals surface area (Å²) in [5, 5.41) is 34.9. The summed E-state index contributed by atoms with van der Waals surface area (Å²) in [5.41, 5.74) is -0.484. The van der Waals surface area contributed by atoms with Gasteiger partial charge in [0.1, 0.15) is 48.5 Å². The number of methoxy groups -OCH3 is 4. The molecule has 8 rings (SSSR count). The van der Waals surface area contributed by atoms with Crippen molar-refractivity contribution in [1.82, 2.24) is 0 Å². The molecular formula is C54H86O18. The summed E-state index contributed by atoms with van der Waals surface area (Å²) >= 11 is 0. The van der Waals surface area contributed by atoms with Crippen LogP contribution in [0.25, 0.3) is 0 Å². The van der Waals surface area contributed by atoms with Gasteiger partial charge in [-0.05, 0) is 111 Å². The highest BCUT2D eigenvalue weighted by Gasteiger charge is 2.71. The minimum atomic E-state index is -1.24. The third-order valence-electron chi connectivity index (χ3n) is 18.9. The number of ketones is 1. The third kappa shape index (κ3) is 10.3. The smallest absolute Gasteiger partial charge is 0.333 e. The van der Waals surface area contributed by atoms with Crippen LogP contribution < -0.4 is 0 Å². The lowest BCUT2D eigenvalue weighted by atomic mass is 9.45. The lowest BCUT2D eigenvalue weighted by Gasteiger charge is -2.63. The maximum Gasteiger partial charge on any atom is 0.333 e. The van der Waals surface area contributed by atoms with E-state index < -0.39 is 121 Å². The Kier molecular flexibility index (Phi) is 17.6. The van der Waals surface area contributed by atoms with Crippen LogP contribution in [0.4, 0.5) is 0 Å². The monoisotopic (exact) mass is 1020 g/mol. The molecule has 0 aromatic rings. The molecule has 0 spiro atoms. The van der Waals surface area contributed by atoms with Gasteiger partial charge in [-0.1, -0.05) is 31.6 Å². The fraction of sp³-hybridized carbons (Fsp3) is 0.889. The van der Waals surface area contributed by atoms with E-state index in [2.05, 4.69) is 13.0 Å². The highest BCUT2D eigenvalue weighted by atomic mass is 16.8. The van der Waals surface area contributed by atoms with E-state index in [1.54, 1.807) is 41.1 Å². The fourth-order valence-electron chi connectivity index (χ4n) is 14.5. The number of esters is 1. The second-order valence-corrected chi connectivity index (χ2v) is 22.6. The van der Waals surface area contributed by atoms with Crippen molar-refractivity contribution in [2.24, 2.45) is 28.6 Å². The number of rotatable bonds is 15. The van der Waals surface area contributed by atoms with Crippen LogP contribution in [0.5, 0.6) is 0 Å². The van der Waals surface area contributed by atoms with Gasteiger partial charge in [0, 0.05) is 64.6 Å². The first kappa shape index (κ1) is 56.2. The average molecular weight is 1020 g/mol. The molecule has 18 heteroatoms. The topological polar surface area (TPSA) is 215 Å². The zero-order chi connectivity index (χ0) is 52.2. The normalized spacial score (nSPS) is 49.8. The van der Waals surface area contributed by atoms with Gasteiger partial charge >= 0.3 is 5.97 Å². The number of carbonyl (C=O) groups excluding carboxylic acids is 2. The largest absolute Gasteiger partial charge is 0.458 e. The predicted molar refractivity (Wildman–Crippen MR) is 258 cm³/mol. The van der Waals surface area contributed by atoms with Crippen LogP contribution >= 0.6 is 0 Å². The molecule has 0 amide bonds. The number of aliphatic hydroxyl groups is 3. The highest BCUT2D eigenvalue weighted by molar-refractivity contribution is 5.88. The van der Waals surface area contributed by atoms with Gasteiger partial charge < -0.3 is 76.9 Å². The summed E-state index contributed by atoms with van der Waals surface area (Å²) in [4.78, 5) is 26.5. The predicted octanol–water partition coefficient (Wildman–Crippen LogP) is 5.23. The van der Waals surface area contributed by atoms with Crippen LogP contribution in [0.2, 0.25) is 0 Å². The van der Waals surface area contributed by atoms with Crippen LogP contribution in [-0.4, -0.2) is 178 Å². The van der Waals surface area contributed by atoms with Gasteiger partial charge in [0.05, 0.1) is 54.4 Å². The van der Waals surface area contributed by atoms with Crippen LogP contribution in [-0.2, 0) is 71.2 Å². The van der Waals surface area contributed by atoms with Crippen LogP contribution in [0.15, 0.2) is 23.3 Å². The first-order valence-corrected chi connectivity index (χ1v) is 26.6. The molecule has 410 valence electrons. The molecule has 0 aromatic heterocycles. The van der Waals surface area contributed by atoms with Crippen molar-refractivity contribution in [1.29, 1.82) is 0 Å². The molecule has 4 saturated heterocycles. The molecule has 4 heterocycles. The number of Topliss-reactive ketones (excluding diaryl/α,β-unsaturated/α-hetero) is 1. The average Bonchev–Trinajstić information content (AvgIpc) is 3.64. The lowest BCUT2D eigenvalue weighted by molar-refractivity contribution is -0.365. The van der Waals surface area contributed by atoms with Crippen molar-refractivity contribution in [2.75, 3.05) is 28.4 Å². The summed E-state index contributed by atoms with van der Waals surface area (Å²) < 4.78 is 81.1. The standard InChI is InChI=1S/C54H86O18/c1-14-26(2)50(58)69-40-22-36-35(54(59)20-18-34(27(3)55)53(40,54)9)16-15-32-21-33(17-19-52(32,36)8)68-41-24-38(61-11)46(29(5)65-41)70-43-25-39(62-12)47(30(6)66-43)72-51-45(57)49(63-13)48(31(7)67-51)71-42-23-37(60-10)44(56)28(4)64-42/h14-15,28-31,33-49,51,56-57,59H,16-25H2,1-13H3/b26-14+/t28-,29-,30-,31-,33+,34-,35?,36?,37+,38+,39+,40-,41+,42+,43+,44-,45-,46-,47-,48-,49+,51+,52+,53+,54+/m1/s1. The SMILES string of the molecule is C/C=C(\C)C(=O)O[C@@H]1CC2C(CC=C3C[C@@H](O[C@H]4C[C@H](OC)[C@H](O[C@H]5C[C@H](OC)[C@H](O[C@@H]6O[C@H](C)[C@@H](O[C@H]7C[C@H](OC)[C@H](O)[C@@H](C)O7)[C@@H](OC)[C@H]6O)[C@@H](C)O5)[C@@H](C)O4)CC[C@@]32C)[C@@]2(O)CC[C@H](C(C)=O)[C@@]12C. The molecule has 4 aliphatic heterocycles. The Morgan fingerprint density at radius 1 is 0.667 bits per heavy atom. The van der Waals surface area contributed by atoms with Gasteiger partial charge in [-0.2, -0.15) is 0 Å².